The molecule has 0 aromatic rings. The minimum Gasteiger partial charge on any atom is -0.379 e. The summed E-state index contributed by atoms with van der Waals surface area (Å²) >= 11 is 0. The highest BCUT2D eigenvalue weighted by molar-refractivity contribution is 5.93. The monoisotopic (exact) mass is 592 g/mol. The number of carbonyl (C=O) groups is 3. The van der Waals surface area contributed by atoms with E-state index in [9.17, 15) is 14.4 Å². The number of ketones is 2. The van der Waals surface area contributed by atoms with E-state index in [0.717, 1.165) is 43.3 Å². The summed E-state index contributed by atoms with van der Waals surface area (Å²) in [5, 5.41) is 6.53. The maximum absolute atomic E-state index is 13.2. The number of amides is 1. The van der Waals surface area contributed by atoms with Gasteiger partial charge in [0, 0.05) is 31.3 Å². The summed E-state index contributed by atoms with van der Waals surface area (Å²) in [5.41, 5.74) is 2.21. The third-order valence-corrected chi connectivity index (χ3v) is 9.10. The molecule has 3 unspecified atom stereocenters. The van der Waals surface area contributed by atoms with Crippen LogP contribution in [0, 0.1) is 11.8 Å². The Hall–Kier alpha value is -2.61. The van der Waals surface area contributed by atoms with Gasteiger partial charge in [0.05, 0.1) is 38.4 Å². The molecule has 236 valence electrons. The van der Waals surface area contributed by atoms with Crippen LogP contribution in [0.15, 0.2) is 59.8 Å². The number of hydrogen-bond donors (Lipinski definition) is 2. The first-order valence-electron chi connectivity index (χ1n) is 16.8. The van der Waals surface area contributed by atoms with Gasteiger partial charge in [-0.05, 0) is 43.3 Å². The number of unbranched alkanes of at least 4 members (excludes halogenated alkanes) is 1. The molecule has 3 atom stereocenters. The molecular formula is C36H52N2O5. The highest BCUT2D eigenvalue weighted by Gasteiger charge is 2.44. The summed E-state index contributed by atoms with van der Waals surface area (Å²) in [5.74, 6) is 0.677. The van der Waals surface area contributed by atoms with Crippen LogP contribution in [0.5, 0.6) is 0 Å². The number of Topliss-reactive ketones (excluding diaryl/α,β-unsaturated/α-hetero) is 2. The Balaban J connectivity index is 0.994. The first-order chi connectivity index (χ1) is 21.1. The molecule has 7 heteroatoms. The van der Waals surface area contributed by atoms with E-state index in [1.807, 2.05) is 30.4 Å². The molecule has 4 rings (SSSR count). The Bertz CT molecular complexity index is 1060. The van der Waals surface area contributed by atoms with Gasteiger partial charge in [0.15, 0.2) is 5.78 Å². The molecule has 4 aliphatic rings. The average Bonchev–Trinajstić information content (AvgIpc) is 3.36. The number of allylic oxidation sites excluding steroid dienone is 7. The summed E-state index contributed by atoms with van der Waals surface area (Å²) in [4.78, 5) is 38.0. The van der Waals surface area contributed by atoms with Crippen molar-refractivity contribution in [2.24, 2.45) is 11.8 Å². The van der Waals surface area contributed by atoms with Crippen LogP contribution in [0.25, 0.3) is 0 Å². The second-order valence-corrected chi connectivity index (χ2v) is 12.3. The molecule has 1 saturated heterocycles. The van der Waals surface area contributed by atoms with E-state index in [2.05, 4.69) is 28.9 Å². The zero-order valence-electron chi connectivity index (χ0n) is 25.9. The SMILES string of the molecule is O=C(CCOCCOCCC(=O)C1CCCCCCCCC1)NCCCCC1NC2/C3=C/C=C\C=C/C=C(C=C3)/C2C1=O. The standard InChI is InChI=1S/C36H52N2O5/c39-32(28-14-8-4-2-1-3-5-9-15-28)21-24-42-26-27-43-25-22-33(40)37-23-13-12-18-31-36(41)34-29-16-10-6-7-11-17-30(20-19-29)35(34)38-31/h6-7,10-11,16-17,19-20,28,31,34-35,38H,1-5,8-9,12-15,18,21-27H2,(H,37,40)/b7-6?,10-6-,11-7-,16-10?,17-11?,29-16+,30-17+. The number of rotatable bonds is 15. The Morgan fingerprint density at radius 3 is 2.12 bits per heavy atom. The lowest BCUT2D eigenvalue weighted by molar-refractivity contribution is -0.125. The maximum atomic E-state index is 13.2. The molecule has 0 aromatic carbocycles. The van der Waals surface area contributed by atoms with Gasteiger partial charge in [-0.1, -0.05) is 93.6 Å². The quantitative estimate of drug-likeness (QED) is 0.231. The van der Waals surface area contributed by atoms with Crippen molar-refractivity contribution in [1.82, 2.24) is 10.6 Å². The average molecular weight is 593 g/mol. The predicted octanol–water partition coefficient (Wildman–Crippen LogP) is 5.87. The first kappa shape index (κ1) is 33.3. The zero-order valence-corrected chi connectivity index (χ0v) is 25.9. The smallest absolute Gasteiger partial charge is 0.222 e. The van der Waals surface area contributed by atoms with Crippen molar-refractivity contribution in [2.45, 2.75) is 102 Å². The molecule has 43 heavy (non-hydrogen) atoms. The van der Waals surface area contributed by atoms with Crippen LogP contribution in [0.2, 0.25) is 0 Å². The van der Waals surface area contributed by atoms with E-state index in [4.69, 9.17) is 9.47 Å². The zero-order chi connectivity index (χ0) is 30.1. The molecule has 2 N–H and O–H groups in total. The molecule has 2 fully saturated rings. The molecule has 3 aliphatic carbocycles. The second-order valence-electron chi connectivity index (χ2n) is 12.3. The number of carbonyl (C=O) groups excluding carboxylic acids is 3. The molecule has 1 heterocycles. The molecule has 1 aliphatic heterocycles. The van der Waals surface area contributed by atoms with Gasteiger partial charge in [0.2, 0.25) is 5.91 Å². The lowest BCUT2D eigenvalue weighted by Crippen LogP contribution is -2.34. The van der Waals surface area contributed by atoms with E-state index >= 15 is 0 Å². The molecule has 0 radical (unpaired) electrons. The number of nitrogens with one attached hydrogen (secondary N) is 2. The third-order valence-electron chi connectivity index (χ3n) is 9.10. The largest absolute Gasteiger partial charge is 0.379 e. The topological polar surface area (TPSA) is 93.7 Å². The summed E-state index contributed by atoms with van der Waals surface area (Å²) in [6.07, 6.45) is 30.4. The van der Waals surface area contributed by atoms with Crippen LogP contribution in [0.1, 0.15) is 89.9 Å². The fourth-order valence-electron chi connectivity index (χ4n) is 6.61. The Morgan fingerprint density at radius 1 is 0.767 bits per heavy atom. The lowest BCUT2D eigenvalue weighted by Gasteiger charge is -2.25. The fraction of sp³-hybridized carbons (Fsp3) is 0.639. The van der Waals surface area contributed by atoms with Crippen LogP contribution in [0.3, 0.4) is 0 Å². The minimum absolute atomic E-state index is 0.0273. The van der Waals surface area contributed by atoms with Gasteiger partial charge in [-0.2, -0.15) is 0 Å². The van der Waals surface area contributed by atoms with E-state index in [1.54, 1.807) is 0 Å². The predicted molar refractivity (Wildman–Crippen MR) is 171 cm³/mol. The minimum atomic E-state index is -0.157. The first-order valence-corrected chi connectivity index (χ1v) is 16.8. The Labute approximate surface area is 258 Å². The molecule has 0 aromatic heterocycles. The van der Waals surface area contributed by atoms with Crippen molar-refractivity contribution in [3.8, 4) is 0 Å². The molecular weight excluding hydrogens is 540 g/mol. The highest BCUT2D eigenvalue weighted by Crippen LogP contribution is 2.36. The Kier molecular flexibility index (Phi) is 14.6. The van der Waals surface area contributed by atoms with Gasteiger partial charge in [0.25, 0.3) is 0 Å². The van der Waals surface area contributed by atoms with Crippen LogP contribution < -0.4 is 10.6 Å². The van der Waals surface area contributed by atoms with Crippen LogP contribution in [-0.4, -0.2) is 62.5 Å². The fourth-order valence-corrected chi connectivity index (χ4v) is 6.61. The van der Waals surface area contributed by atoms with E-state index < -0.39 is 0 Å². The van der Waals surface area contributed by atoms with Crippen molar-refractivity contribution in [3.63, 3.8) is 0 Å². The molecule has 2 bridgehead atoms. The molecule has 1 saturated carbocycles. The van der Waals surface area contributed by atoms with Gasteiger partial charge in [-0.3, -0.25) is 19.7 Å². The van der Waals surface area contributed by atoms with E-state index in [1.165, 1.54) is 44.9 Å². The normalized spacial score (nSPS) is 28.3. The lowest BCUT2D eigenvalue weighted by atomic mass is 9.80. The molecule has 7 nitrogen and oxygen atoms in total. The van der Waals surface area contributed by atoms with Crippen molar-refractivity contribution in [2.75, 3.05) is 33.0 Å². The molecule has 0 spiro atoms. The van der Waals surface area contributed by atoms with Crippen molar-refractivity contribution < 1.29 is 23.9 Å². The van der Waals surface area contributed by atoms with Crippen molar-refractivity contribution in [1.29, 1.82) is 0 Å². The van der Waals surface area contributed by atoms with Gasteiger partial charge in [-0.15, -0.1) is 0 Å². The van der Waals surface area contributed by atoms with Crippen molar-refractivity contribution in [3.05, 3.63) is 59.8 Å². The molecule has 1 amide bonds. The summed E-state index contributed by atoms with van der Waals surface area (Å²) < 4.78 is 11.2. The van der Waals surface area contributed by atoms with Gasteiger partial charge >= 0.3 is 0 Å². The number of ether oxygens (including phenoxy) is 2. The maximum Gasteiger partial charge on any atom is 0.222 e. The van der Waals surface area contributed by atoms with E-state index in [-0.39, 0.29) is 35.6 Å². The van der Waals surface area contributed by atoms with Gasteiger partial charge < -0.3 is 14.8 Å². The Morgan fingerprint density at radius 2 is 1.40 bits per heavy atom. The van der Waals surface area contributed by atoms with Crippen LogP contribution >= 0.6 is 0 Å². The van der Waals surface area contributed by atoms with E-state index in [0.29, 0.717) is 51.6 Å². The van der Waals surface area contributed by atoms with Crippen LogP contribution in [-0.2, 0) is 23.9 Å². The van der Waals surface area contributed by atoms with Crippen molar-refractivity contribution >= 4 is 17.5 Å². The summed E-state index contributed by atoms with van der Waals surface area (Å²) in [7, 11) is 0. The third kappa shape index (κ3) is 11.1. The summed E-state index contributed by atoms with van der Waals surface area (Å²) in [6, 6.07) is -0.127. The number of hydrogen-bond acceptors (Lipinski definition) is 6. The van der Waals surface area contributed by atoms with Crippen LogP contribution in [0.4, 0.5) is 0 Å². The summed E-state index contributed by atoms with van der Waals surface area (Å²) in [6.45, 7) is 2.25. The van der Waals surface area contributed by atoms with Gasteiger partial charge in [0.1, 0.15) is 5.78 Å². The second kappa shape index (κ2) is 18.9. The van der Waals surface area contributed by atoms with Gasteiger partial charge in [-0.25, -0.2) is 0 Å². The highest BCUT2D eigenvalue weighted by atomic mass is 16.5.